The Hall–Kier alpha value is -3.66. The normalized spacial score (nSPS) is 12.5. The van der Waals surface area contributed by atoms with Gasteiger partial charge in [-0.15, -0.1) is 0 Å². The highest BCUT2D eigenvalue weighted by atomic mass is 16.6. The van der Waals surface area contributed by atoms with Crippen LogP contribution in [0, 0.1) is 11.3 Å². The molecule has 0 spiro atoms. The molecule has 0 bridgehead atoms. The summed E-state index contributed by atoms with van der Waals surface area (Å²) in [6.45, 7) is 0.131. The Morgan fingerprint density at radius 2 is 1.74 bits per heavy atom. The SMILES string of the molecule is COc1cc(C#N)ccc1OC(=O)CCCN1C(=O)c2ccccc2C1=O. The molecule has 2 aromatic carbocycles. The molecule has 7 heteroatoms. The van der Waals surface area contributed by atoms with E-state index in [2.05, 4.69) is 0 Å². The highest BCUT2D eigenvalue weighted by molar-refractivity contribution is 6.21. The number of nitrogens with zero attached hydrogens (tertiary/aromatic N) is 2. The fraction of sp³-hybridized carbons (Fsp3) is 0.200. The van der Waals surface area contributed by atoms with Crippen LogP contribution in [0.4, 0.5) is 0 Å². The molecule has 0 radical (unpaired) electrons. The number of nitriles is 1. The number of hydrogen-bond acceptors (Lipinski definition) is 6. The number of ether oxygens (including phenoxy) is 2. The van der Waals surface area contributed by atoms with E-state index in [4.69, 9.17) is 14.7 Å². The molecule has 0 unspecified atom stereocenters. The second-order valence-electron chi connectivity index (χ2n) is 5.86. The van der Waals surface area contributed by atoms with E-state index in [1.807, 2.05) is 6.07 Å². The Bertz CT molecular complexity index is 926. The van der Waals surface area contributed by atoms with Gasteiger partial charge in [-0.2, -0.15) is 5.26 Å². The monoisotopic (exact) mass is 364 g/mol. The number of fused-ring (bicyclic) bond motifs is 1. The van der Waals surface area contributed by atoms with Gasteiger partial charge in [0.15, 0.2) is 11.5 Å². The van der Waals surface area contributed by atoms with Crippen LogP contribution in [0.25, 0.3) is 0 Å². The van der Waals surface area contributed by atoms with Crippen molar-refractivity contribution in [3.05, 3.63) is 59.2 Å². The van der Waals surface area contributed by atoms with Crippen LogP contribution in [0.3, 0.4) is 0 Å². The number of imide groups is 1. The third kappa shape index (κ3) is 3.65. The molecule has 0 atom stereocenters. The lowest BCUT2D eigenvalue weighted by molar-refractivity contribution is -0.134. The van der Waals surface area contributed by atoms with E-state index in [9.17, 15) is 14.4 Å². The predicted octanol–water partition coefficient (Wildman–Crippen LogP) is 2.55. The lowest BCUT2D eigenvalue weighted by atomic mass is 10.1. The van der Waals surface area contributed by atoms with E-state index in [1.54, 1.807) is 24.3 Å². The number of benzene rings is 2. The van der Waals surface area contributed by atoms with Gasteiger partial charge in [-0.25, -0.2) is 0 Å². The summed E-state index contributed by atoms with van der Waals surface area (Å²) >= 11 is 0. The third-order valence-electron chi connectivity index (χ3n) is 4.16. The van der Waals surface area contributed by atoms with Crippen LogP contribution in [-0.2, 0) is 4.79 Å². The summed E-state index contributed by atoms with van der Waals surface area (Å²) in [6, 6.07) is 13.1. The van der Waals surface area contributed by atoms with Gasteiger partial charge in [-0.05, 0) is 30.7 Å². The maximum absolute atomic E-state index is 12.3. The number of rotatable bonds is 6. The van der Waals surface area contributed by atoms with Gasteiger partial charge in [-0.3, -0.25) is 19.3 Å². The Morgan fingerprint density at radius 1 is 1.07 bits per heavy atom. The summed E-state index contributed by atoms with van der Waals surface area (Å²) in [5.41, 5.74) is 1.15. The van der Waals surface area contributed by atoms with E-state index in [0.29, 0.717) is 16.7 Å². The second-order valence-corrected chi connectivity index (χ2v) is 5.86. The summed E-state index contributed by atoms with van der Waals surface area (Å²) in [5, 5.41) is 8.89. The zero-order valence-corrected chi connectivity index (χ0v) is 14.6. The number of carbonyl (C=O) groups excluding carboxylic acids is 3. The molecule has 27 heavy (non-hydrogen) atoms. The fourth-order valence-electron chi connectivity index (χ4n) is 2.82. The van der Waals surface area contributed by atoms with Gasteiger partial charge in [0.2, 0.25) is 0 Å². The largest absolute Gasteiger partial charge is 0.493 e. The molecule has 1 aliphatic heterocycles. The molecule has 0 N–H and O–H groups in total. The lowest BCUT2D eigenvalue weighted by Gasteiger charge is -2.13. The Kier molecular flexibility index (Phi) is 5.18. The minimum Gasteiger partial charge on any atom is -0.493 e. The first kappa shape index (κ1) is 18.1. The first-order valence-electron chi connectivity index (χ1n) is 8.29. The molecule has 2 aromatic rings. The van der Waals surface area contributed by atoms with Crippen molar-refractivity contribution in [1.82, 2.24) is 4.90 Å². The van der Waals surface area contributed by atoms with Gasteiger partial charge >= 0.3 is 5.97 Å². The zero-order valence-electron chi connectivity index (χ0n) is 14.6. The quantitative estimate of drug-likeness (QED) is 0.444. The molecule has 136 valence electrons. The average Bonchev–Trinajstić information content (AvgIpc) is 2.93. The molecule has 0 aliphatic carbocycles. The first-order chi connectivity index (χ1) is 13.0. The maximum atomic E-state index is 12.3. The number of esters is 1. The number of methoxy groups -OCH3 is 1. The topological polar surface area (TPSA) is 96.7 Å². The van der Waals surface area contributed by atoms with Crippen LogP contribution in [0.1, 0.15) is 39.1 Å². The maximum Gasteiger partial charge on any atom is 0.311 e. The van der Waals surface area contributed by atoms with Gasteiger partial charge in [0.25, 0.3) is 11.8 Å². The Labute approximate surface area is 155 Å². The third-order valence-corrected chi connectivity index (χ3v) is 4.16. The molecule has 1 aliphatic rings. The fourth-order valence-corrected chi connectivity index (χ4v) is 2.82. The summed E-state index contributed by atoms with van der Waals surface area (Å²) in [5.74, 6) is -0.727. The zero-order chi connectivity index (χ0) is 19.4. The molecule has 3 rings (SSSR count). The van der Waals surface area contributed by atoms with Gasteiger partial charge in [0.05, 0.1) is 29.9 Å². The van der Waals surface area contributed by atoms with Crippen LogP contribution >= 0.6 is 0 Å². The molecule has 2 amide bonds. The minimum atomic E-state index is -0.519. The van der Waals surface area contributed by atoms with E-state index >= 15 is 0 Å². The van der Waals surface area contributed by atoms with Crippen molar-refractivity contribution in [2.45, 2.75) is 12.8 Å². The average molecular weight is 364 g/mol. The van der Waals surface area contributed by atoms with Crippen molar-refractivity contribution in [3.8, 4) is 17.6 Å². The van der Waals surface area contributed by atoms with E-state index in [-0.39, 0.29) is 42.7 Å². The van der Waals surface area contributed by atoms with E-state index < -0.39 is 5.97 Å². The van der Waals surface area contributed by atoms with E-state index in [1.165, 1.54) is 25.3 Å². The van der Waals surface area contributed by atoms with Crippen LogP contribution < -0.4 is 9.47 Å². The number of amides is 2. The second kappa shape index (κ2) is 7.70. The van der Waals surface area contributed by atoms with E-state index in [0.717, 1.165) is 4.90 Å². The van der Waals surface area contributed by atoms with Crippen LogP contribution in [0.15, 0.2) is 42.5 Å². The Balaban J connectivity index is 1.56. The predicted molar refractivity (Wildman–Crippen MR) is 94.4 cm³/mol. The van der Waals surface area contributed by atoms with Crippen LogP contribution in [-0.4, -0.2) is 36.3 Å². The highest BCUT2D eigenvalue weighted by Crippen LogP contribution is 2.28. The van der Waals surface area contributed by atoms with Crippen molar-refractivity contribution in [3.63, 3.8) is 0 Å². The molecule has 7 nitrogen and oxygen atoms in total. The van der Waals surface area contributed by atoms with Crippen molar-refractivity contribution in [2.24, 2.45) is 0 Å². The van der Waals surface area contributed by atoms with Crippen molar-refractivity contribution in [2.75, 3.05) is 13.7 Å². The molecule has 0 fully saturated rings. The molecule has 1 heterocycles. The summed E-state index contributed by atoms with van der Waals surface area (Å²) in [6.07, 6.45) is 0.305. The minimum absolute atomic E-state index is 0.0244. The van der Waals surface area contributed by atoms with Gasteiger partial charge in [0, 0.05) is 19.0 Å². The van der Waals surface area contributed by atoms with Crippen molar-refractivity contribution in [1.29, 1.82) is 5.26 Å². The molecule has 0 saturated heterocycles. The number of carbonyl (C=O) groups is 3. The van der Waals surface area contributed by atoms with Gasteiger partial charge < -0.3 is 9.47 Å². The van der Waals surface area contributed by atoms with Crippen molar-refractivity contribution >= 4 is 17.8 Å². The van der Waals surface area contributed by atoms with Crippen molar-refractivity contribution < 1.29 is 23.9 Å². The molecular weight excluding hydrogens is 348 g/mol. The van der Waals surface area contributed by atoms with Gasteiger partial charge in [0.1, 0.15) is 0 Å². The summed E-state index contributed by atoms with van der Waals surface area (Å²) in [4.78, 5) is 37.7. The van der Waals surface area contributed by atoms with Crippen LogP contribution in [0.5, 0.6) is 11.5 Å². The first-order valence-corrected chi connectivity index (χ1v) is 8.29. The summed E-state index contributed by atoms with van der Waals surface area (Å²) in [7, 11) is 1.41. The molecular formula is C20H16N2O5. The van der Waals surface area contributed by atoms with Gasteiger partial charge in [-0.1, -0.05) is 12.1 Å². The number of hydrogen-bond donors (Lipinski definition) is 0. The summed E-state index contributed by atoms with van der Waals surface area (Å²) < 4.78 is 10.4. The Morgan fingerprint density at radius 3 is 2.33 bits per heavy atom. The molecule has 0 aromatic heterocycles. The highest BCUT2D eigenvalue weighted by Gasteiger charge is 2.34. The molecule has 0 saturated carbocycles. The lowest BCUT2D eigenvalue weighted by Crippen LogP contribution is -2.31. The van der Waals surface area contributed by atoms with Crippen LogP contribution in [0.2, 0.25) is 0 Å². The smallest absolute Gasteiger partial charge is 0.311 e. The standard InChI is InChI=1S/C20H16N2O5/c1-26-17-11-13(12-21)8-9-16(17)27-18(23)7-4-10-22-19(24)14-5-2-3-6-15(14)20(22)25/h2-3,5-6,8-9,11H,4,7,10H2,1H3.